The molecule has 2 aromatic carbocycles. The smallest absolute Gasteiger partial charge is 0.358 e. The van der Waals surface area contributed by atoms with Gasteiger partial charge in [-0.15, -0.1) is 24.8 Å². The number of rotatable bonds is 4. The first-order chi connectivity index (χ1) is 14.2. The Labute approximate surface area is 193 Å². The van der Waals surface area contributed by atoms with Crippen molar-refractivity contribution in [1.29, 1.82) is 0 Å². The number of carbonyl (C=O) groups excluding carboxylic acids is 1. The molecular weight excluding hydrogens is 440 g/mol. The molecule has 2 heterocycles. The van der Waals surface area contributed by atoms with E-state index in [1.54, 1.807) is 18.3 Å². The first kappa shape index (κ1) is 24.6. The molecule has 8 heteroatoms. The molecule has 0 aliphatic carbocycles. The second-order valence-electron chi connectivity index (χ2n) is 6.88. The molecule has 164 valence electrons. The van der Waals surface area contributed by atoms with Crippen LogP contribution in [0.2, 0.25) is 0 Å². The van der Waals surface area contributed by atoms with E-state index in [0.29, 0.717) is 11.3 Å². The predicted octanol–water partition coefficient (Wildman–Crippen LogP) is 4.59. The number of aromatic nitrogens is 1. The molecule has 0 bridgehead atoms. The van der Waals surface area contributed by atoms with Crippen LogP contribution in [-0.2, 0) is 4.74 Å². The molecule has 1 aliphatic rings. The maximum atomic E-state index is 14.0. The number of ether oxygens (including phenoxy) is 1. The number of nitrogens with zero attached hydrogens (tertiary/aromatic N) is 2. The van der Waals surface area contributed by atoms with Gasteiger partial charge in [0.1, 0.15) is 5.82 Å². The van der Waals surface area contributed by atoms with Crippen LogP contribution in [0.4, 0.5) is 10.1 Å². The maximum absolute atomic E-state index is 14.0. The van der Waals surface area contributed by atoms with E-state index < -0.39 is 5.97 Å². The molecule has 5 nitrogen and oxygen atoms in total. The van der Waals surface area contributed by atoms with Crippen LogP contribution in [0, 0.1) is 5.82 Å². The molecular formula is C23H24Cl2FN3O2. The summed E-state index contributed by atoms with van der Waals surface area (Å²) < 4.78 is 19.0. The number of piperazine rings is 1. The zero-order valence-corrected chi connectivity index (χ0v) is 18.6. The fraction of sp³-hybridized carbons (Fsp3) is 0.217. The van der Waals surface area contributed by atoms with Crippen LogP contribution in [0.5, 0.6) is 0 Å². The number of hydrogen-bond acceptors (Lipinski definition) is 5. The number of esters is 1. The van der Waals surface area contributed by atoms with E-state index >= 15 is 0 Å². The number of pyridine rings is 1. The summed E-state index contributed by atoms with van der Waals surface area (Å²) in [4.78, 5) is 18.7. The van der Waals surface area contributed by atoms with Gasteiger partial charge in [0.15, 0.2) is 5.69 Å². The van der Waals surface area contributed by atoms with Crippen molar-refractivity contribution in [3.63, 3.8) is 0 Å². The van der Waals surface area contributed by atoms with Crippen LogP contribution in [0.3, 0.4) is 0 Å². The van der Waals surface area contributed by atoms with Gasteiger partial charge in [-0.3, -0.25) is 0 Å². The van der Waals surface area contributed by atoms with Gasteiger partial charge in [-0.1, -0.05) is 42.5 Å². The van der Waals surface area contributed by atoms with Gasteiger partial charge in [-0.05, 0) is 23.3 Å². The molecule has 1 fully saturated rings. The van der Waals surface area contributed by atoms with Gasteiger partial charge in [-0.2, -0.15) is 0 Å². The molecule has 0 spiro atoms. The van der Waals surface area contributed by atoms with E-state index in [4.69, 9.17) is 4.74 Å². The van der Waals surface area contributed by atoms with Crippen molar-refractivity contribution in [2.75, 3.05) is 38.2 Å². The van der Waals surface area contributed by atoms with Crippen molar-refractivity contribution in [2.45, 2.75) is 0 Å². The van der Waals surface area contributed by atoms with Crippen LogP contribution < -0.4 is 10.2 Å². The molecule has 1 aliphatic heterocycles. The van der Waals surface area contributed by atoms with E-state index in [0.717, 1.165) is 48.6 Å². The van der Waals surface area contributed by atoms with Crippen LogP contribution in [-0.4, -0.2) is 44.2 Å². The molecule has 4 rings (SSSR count). The minimum Gasteiger partial charge on any atom is -0.464 e. The van der Waals surface area contributed by atoms with E-state index in [-0.39, 0.29) is 30.6 Å². The Morgan fingerprint density at radius 3 is 2.29 bits per heavy atom. The summed E-state index contributed by atoms with van der Waals surface area (Å²) in [5, 5.41) is 3.31. The monoisotopic (exact) mass is 463 g/mol. The highest BCUT2D eigenvalue weighted by Crippen LogP contribution is 2.30. The lowest BCUT2D eigenvalue weighted by atomic mass is 10.00. The number of hydrogen-bond donors (Lipinski definition) is 1. The first-order valence-corrected chi connectivity index (χ1v) is 9.57. The molecule has 0 saturated carbocycles. The van der Waals surface area contributed by atoms with Gasteiger partial charge >= 0.3 is 5.97 Å². The zero-order chi connectivity index (χ0) is 20.2. The van der Waals surface area contributed by atoms with E-state index in [2.05, 4.69) is 15.2 Å². The molecule has 3 aromatic rings. The van der Waals surface area contributed by atoms with Crippen molar-refractivity contribution < 1.29 is 13.9 Å². The fourth-order valence-corrected chi connectivity index (χ4v) is 3.55. The number of methoxy groups -OCH3 is 1. The summed E-state index contributed by atoms with van der Waals surface area (Å²) in [5.74, 6) is -0.690. The van der Waals surface area contributed by atoms with E-state index in [1.165, 1.54) is 13.2 Å². The molecule has 0 radical (unpaired) electrons. The summed E-state index contributed by atoms with van der Waals surface area (Å²) in [6, 6.07) is 16.4. The topological polar surface area (TPSA) is 54.5 Å². The number of anilines is 1. The first-order valence-electron chi connectivity index (χ1n) is 9.57. The van der Waals surface area contributed by atoms with E-state index in [9.17, 15) is 9.18 Å². The molecule has 1 saturated heterocycles. The van der Waals surface area contributed by atoms with Crippen LogP contribution in [0.1, 0.15) is 10.5 Å². The molecule has 1 N–H and O–H groups in total. The highest BCUT2D eigenvalue weighted by Gasteiger charge is 2.21. The Balaban J connectivity index is 0.00000171. The zero-order valence-electron chi connectivity index (χ0n) is 17.0. The molecule has 1 aromatic heterocycles. The third-order valence-corrected chi connectivity index (χ3v) is 5.11. The second kappa shape index (κ2) is 11.1. The Bertz CT molecular complexity index is 1030. The van der Waals surface area contributed by atoms with Crippen molar-refractivity contribution in [3.05, 3.63) is 72.3 Å². The Morgan fingerprint density at radius 2 is 1.65 bits per heavy atom. The molecule has 31 heavy (non-hydrogen) atoms. The Morgan fingerprint density at radius 1 is 1.00 bits per heavy atom. The van der Waals surface area contributed by atoms with Crippen molar-refractivity contribution in [1.82, 2.24) is 10.3 Å². The number of carbonyl (C=O) groups is 1. The fourth-order valence-electron chi connectivity index (χ4n) is 3.55. The maximum Gasteiger partial charge on any atom is 0.358 e. The van der Waals surface area contributed by atoms with Crippen LogP contribution >= 0.6 is 24.8 Å². The van der Waals surface area contributed by atoms with Crippen LogP contribution in [0.15, 0.2) is 60.8 Å². The Hall–Kier alpha value is -2.67. The lowest BCUT2D eigenvalue weighted by molar-refractivity contribution is 0.0594. The summed E-state index contributed by atoms with van der Waals surface area (Å²) in [7, 11) is 1.36. The normalized spacial score (nSPS) is 13.0. The highest BCUT2D eigenvalue weighted by atomic mass is 35.5. The summed E-state index contributed by atoms with van der Waals surface area (Å²) >= 11 is 0. The van der Waals surface area contributed by atoms with Gasteiger partial charge in [0, 0.05) is 43.5 Å². The second-order valence-corrected chi connectivity index (χ2v) is 6.88. The number of nitrogens with one attached hydrogen (secondary N) is 1. The summed E-state index contributed by atoms with van der Waals surface area (Å²) in [6.07, 6.45) is 1.68. The molecule has 0 unspecified atom stereocenters. The average molecular weight is 464 g/mol. The summed E-state index contributed by atoms with van der Waals surface area (Å²) in [6.45, 7) is 3.28. The number of benzene rings is 2. The Kier molecular flexibility index (Phi) is 8.80. The van der Waals surface area contributed by atoms with Crippen molar-refractivity contribution in [3.8, 4) is 22.3 Å². The minimum atomic E-state index is -0.444. The largest absolute Gasteiger partial charge is 0.464 e. The molecule has 0 atom stereocenters. The van der Waals surface area contributed by atoms with Gasteiger partial charge in [0.25, 0.3) is 0 Å². The number of halogens is 3. The summed E-state index contributed by atoms with van der Waals surface area (Å²) in [5.41, 5.74) is 4.32. The predicted molar refractivity (Wildman–Crippen MR) is 126 cm³/mol. The lowest BCUT2D eigenvalue weighted by Crippen LogP contribution is -2.44. The quantitative estimate of drug-likeness (QED) is 0.573. The third-order valence-electron chi connectivity index (χ3n) is 5.11. The van der Waals surface area contributed by atoms with E-state index in [1.807, 2.05) is 36.4 Å². The van der Waals surface area contributed by atoms with Gasteiger partial charge in [-0.25, -0.2) is 14.2 Å². The van der Waals surface area contributed by atoms with Crippen molar-refractivity contribution in [2.24, 2.45) is 0 Å². The SMILES string of the molecule is COC(=O)c1ncc(-c2ccc(-c3ccccc3F)cc2)cc1N1CCNCC1.Cl.Cl. The standard InChI is InChI=1S/C23H22FN3O2.2ClH/c1-29-23(28)22-21(27-12-10-25-11-13-27)14-18(15-26-22)16-6-8-17(9-7-16)19-4-2-3-5-20(19)24;;/h2-9,14-15,25H,10-13H2,1H3;2*1H. The van der Waals surface area contributed by atoms with Crippen molar-refractivity contribution >= 4 is 36.5 Å². The average Bonchev–Trinajstić information content (AvgIpc) is 2.79. The third kappa shape index (κ3) is 5.34. The van der Waals surface area contributed by atoms with Gasteiger partial charge < -0.3 is 15.0 Å². The molecule has 0 amide bonds. The van der Waals surface area contributed by atoms with Crippen LogP contribution in [0.25, 0.3) is 22.3 Å². The lowest BCUT2D eigenvalue weighted by Gasteiger charge is -2.30. The van der Waals surface area contributed by atoms with Gasteiger partial charge in [0.2, 0.25) is 0 Å². The highest BCUT2D eigenvalue weighted by molar-refractivity contribution is 5.94. The minimum absolute atomic E-state index is 0. The van der Waals surface area contributed by atoms with Gasteiger partial charge in [0.05, 0.1) is 12.8 Å².